The summed E-state index contributed by atoms with van der Waals surface area (Å²) in [6, 6.07) is 3.92. The van der Waals surface area contributed by atoms with Crippen LogP contribution >= 0.6 is 0 Å². The van der Waals surface area contributed by atoms with E-state index in [2.05, 4.69) is 18.2 Å². The number of hydrogen-bond acceptors (Lipinski definition) is 1. The van der Waals surface area contributed by atoms with E-state index < -0.39 is 17.9 Å². The number of rotatable bonds is 11. The van der Waals surface area contributed by atoms with Crippen LogP contribution in [0.1, 0.15) is 115 Å². The van der Waals surface area contributed by atoms with Gasteiger partial charge in [-0.15, -0.1) is 13.2 Å². The van der Waals surface area contributed by atoms with E-state index in [-0.39, 0.29) is 5.92 Å². The number of ether oxygens (including phenoxy) is 1. The molecule has 0 heterocycles. The molecule has 2 saturated carbocycles. The Morgan fingerprint density at radius 3 is 1.91 bits per heavy atom. The molecule has 1 aromatic rings. The zero-order valence-electron chi connectivity index (χ0n) is 20.8. The second kappa shape index (κ2) is 13.0. The maximum absolute atomic E-state index is 14.0. The molecular formula is C29H42F4O. The van der Waals surface area contributed by atoms with Crippen LogP contribution in [0.2, 0.25) is 0 Å². The molecule has 0 unspecified atom stereocenters. The van der Waals surface area contributed by atoms with Gasteiger partial charge in [-0.25, -0.2) is 4.39 Å². The highest BCUT2D eigenvalue weighted by molar-refractivity contribution is 5.31. The molecule has 2 aliphatic rings. The summed E-state index contributed by atoms with van der Waals surface area (Å²) < 4.78 is 54.8. The lowest BCUT2D eigenvalue weighted by Gasteiger charge is -2.30. The van der Waals surface area contributed by atoms with Gasteiger partial charge in [-0.1, -0.05) is 76.5 Å². The maximum Gasteiger partial charge on any atom is 0.573 e. The van der Waals surface area contributed by atoms with Crippen molar-refractivity contribution in [2.24, 2.45) is 17.8 Å². The number of alkyl halides is 3. The minimum Gasteiger partial charge on any atom is -0.403 e. The Hall–Kier alpha value is -1.52. The molecule has 5 heteroatoms. The highest BCUT2D eigenvalue weighted by Crippen LogP contribution is 2.40. The molecule has 2 fully saturated rings. The lowest BCUT2D eigenvalue weighted by atomic mass is 9.76. The molecule has 1 nitrogen and oxygen atoms in total. The van der Waals surface area contributed by atoms with E-state index in [1.54, 1.807) is 6.07 Å². The summed E-state index contributed by atoms with van der Waals surface area (Å²) in [4.78, 5) is 0. The van der Waals surface area contributed by atoms with Crippen molar-refractivity contribution in [3.05, 3.63) is 41.7 Å². The third kappa shape index (κ3) is 8.92. The molecule has 0 atom stereocenters. The monoisotopic (exact) mass is 482 g/mol. The molecule has 2 aliphatic carbocycles. The summed E-state index contributed by atoms with van der Waals surface area (Å²) in [5, 5.41) is 0. The predicted molar refractivity (Wildman–Crippen MR) is 130 cm³/mol. The van der Waals surface area contributed by atoms with Gasteiger partial charge in [0.15, 0.2) is 11.6 Å². The van der Waals surface area contributed by atoms with Gasteiger partial charge in [0.05, 0.1) is 0 Å². The van der Waals surface area contributed by atoms with Crippen LogP contribution in [-0.2, 0) is 0 Å². The first-order chi connectivity index (χ1) is 16.2. The normalized spacial score (nSPS) is 25.8. The fraction of sp³-hybridized carbons (Fsp3) is 0.724. The summed E-state index contributed by atoms with van der Waals surface area (Å²) >= 11 is 0. The van der Waals surface area contributed by atoms with Gasteiger partial charge in [-0.3, -0.25) is 0 Å². The van der Waals surface area contributed by atoms with Gasteiger partial charge in [0.2, 0.25) is 0 Å². The first-order valence-corrected chi connectivity index (χ1v) is 13.4. The minimum atomic E-state index is -4.87. The van der Waals surface area contributed by atoms with Crippen molar-refractivity contribution in [2.75, 3.05) is 0 Å². The van der Waals surface area contributed by atoms with Crippen LogP contribution in [0.3, 0.4) is 0 Å². The van der Waals surface area contributed by atoms with Gasteiger partial charge in [0, 0.05) is 0 Å². The van der Waals surface area contributed by atoms with Crippen molar-refractivity contribution >= 4 is 0 Å². The first kappa shape index (κ1) is 27.1. The third-order valence-corrected chi connectivity index (χ3v) is 8.35. The molecule has 34 heavy (non-hydrogen) atoms. The van der Waals surface area contributed by atoms with Gasteiger partial charge in [0.25, 0.3) is 0 Å². The van der Waals surface area contributed by atoms with Crippen molar-refractivity contribution < 1.29 is 22.3 Å². The van der Waals surface area contributed by atoms with Crippen molar-refractivity contribution in [1.29, 1.82) is 0 Å². The third-order valence-electron chi connectivity index (χ3n) is 8.35. The molecule has 0 aromatic heterocycles. The predicted octanol–water partition coefficient (Wildman–Crippen LogP) is 10.1. The molecule has 0 aliphatic heterocycles. The second-order valence-corrected chi connectivity index (χ2v) is 10.8. The average Bonchev–Trinajstić information content (AvgIpc) is 2.82. The summed E-state index contributed by atoms with van der Waals surface area (Å²) in [7, 11) is 0. The van der Waals surface area contributed by atoms with Gasteiger partial charge < -0.3 is 4.74 Å². The molecule has 0 spiro atoms. The summed E-state index contributed by atoms with van der Waals surface area (Å²) in [6.45, 7) is 6.34. The Kier molecular flexibility index (Phi) is 10.3. The van der Waals surface area contributed by atoms with E-state index in [4.69, 9.17) is 0 Å². The van der Waals surface area contributed by atoms with Gasteiger partial charge in [0.1, 0.15) is 0 Å². The molecule has 0 saturated heterocycles. The van der Waals surface area contributed by atoms with E-state index in [0.717, 1.165) is 61.5 Å². The van der Waals surface area contributed by atoms with E-state index in [9.17, 15) is 17.6 Å². The largest absolute Gasteiger partial charge is 0.573 e. The Labute approximate surface area is 203 Å². The Morgan fingerprint density at radius 2 is 1.41 bits per heavy atom. The van der Waals surface area contributed by atoms with Crippen molar-refractivity contribution in [3.8, 4) is 5.75 Å². The Bertz CT molecular complexity index is 756. The SMILES string of the molecule is C=C(CC)CCC1CCC(CCCCC2CCC(c3ccc(OC(F)(F)F)c(F)c3)CC2)CC1. The van der Waals surface area contributed by atoms with Crippen LogP contribution in [0.5, 0.6) is 5.75 Å². The van der Waals surface area contributed by atoms with Crippen LogP contribution in [0.25, 0.3) is 0 Å². The smallest absolute Gasteiger partial charge is 0.403 e. The lowest BCUT2D eigenvalue weighted by molar-refractivity contribution is -0.275. The maximum atomic E-state index is 14.0. The van der Waals surface area contributed by atoms with E-state index in [0.29, 0.717) is 0 Å². The Morgan fingerprint density at radius 1 is 0.882 bits per heavy atom. The van der Waals surface area contributed by atoms with Crippen molar-refractivity contribution in [1.82, 2.24) is 0 Å². The van der Waals surface area contributed by atoms with Crippen molar-refractivity contribution in [2.45, 2.75) is 116 Å². The van der Waals surface area contributed by atoms with Crippen LogP contribution < -0.4 is 4.74 Å². The van der Waals surface area contributed by atoms with E-state index in [1.165, 1.54) is 75.8 Å². The van der Waals surface area contributed by atoms with Crippen LogP contribution in [0.4, 0.5) is 17.6 Å². The zero-order valence-corrected chi connectivity index (χ0v) is 20.8. The molecule has 0 N–H and O–H groups in total. The quantitative estimate of drug-likeness (QED) is 0.173. The number of unbranched alkanes of at least 4 members (excludes halogenated alkanes) is 1. The lowest BCUT2D eigenvalue weighted by Crippen LogP contribution is -2.18. The zero-order chi connectivity index (χ0) is 24.6. The summed E-state index contributed by atoms with van der Waals surface area (Å²) in [6.07, 6.45) is 13.9. The number of halogens is 4. The number of allylic oxidation sites excluding steroid dienone is 1. The van der Waals surface area contributed by atoms with Crippen LogP contribution in [0.15, 0.2) is 30.4 Å². The average molecular weight is 483 g/mol. The summed E-state index contributed by atoms with van der Waals surface area (Å²) in [5.41, 5.74) is 2.19. The minimum absolute atomic E-state index is 0.232. The summed E-state index contributed by atoms with van der Waals surface area (Å²) in [5.74, 6) is 1.11. The topological polar surface area (TPSA) is 9.23 Å². The highest BCUT2D eigenvalue weighted by Gasteiger charge is 2.32. The molecule has 0 amide bonds. The van der Waals surface area contributed by atoms with Crippen LogP contribution in [0, 0.1) is 23.6 Å². The van der Waals surface area contributed by atoms with Crippen molar-refractivity contribution in [3.63, 3.8) is 0 Å². The molecule has 1 aromatic carbocycles. The molecule has 0 bridgehead atoms. The van der Waals surface area contributed by atoms with Crippen LogP contribution in [-0.4, -0.2) is 6.36 Å². The van der Waals surface area contributed by atoms with Gasteiger partial charge in [-0.2, -0.15) is 0 Å². The standard InChI is InChI=1S/C29H42F4O/c1-3-21(2)8-9-24-12-10-22(11-13-24)6-4-5-7-23-14-16-25(17-15-23)26-18-19-28(27(30)20-26)34-29(31,32)33/h18-20,22-25H,2-17H2,1H3. The molecule has 192 valence electrons. The fourth-order valence-electron chi connectivity index (χ4n) is 6.02. The van der Waals surface area contributed by atoms with E-state index >= 15 is 0 Å². The number of benzene rings is 1. The molecule has 0 radical (unpaired) electrons. The van der Waals surface area contributed by atoms with Gasteiger partial charge >= 0.3 is 6.36 Å². The highest BCUT2D eigenvalue weighted by atomic mass is 19.4. The fourth-order valence-corrected chi connectivity index (χ4v) is 6.02. The van der Waals surface area contributed by atoms with Gasteiger partial charge in [-0.05, 0) is 86.3 Å². The Balaban J connectivity index is 1.28. The molecular weight excluding hydrogens is 440 g/mol. The second-order valence-electron chi connectivity index (χ2n) is 10.8. The molecule has 3 rings (SSSR count). The number of hydrogen-bond donors (Lipinski definition) is 0. The first-order valence-electron chi connectivity index (χ1n) is 13.4. The van der Waals surface area contributed by atoms with E-state index in [1.807, 2.05) is 0 Å².